The van der Waals surface area contributed by atoms with Crippen molar-refractivity contribution in [2.45, 2.75) is 18.4 Å². The van der Waals surface area contributed by atoms with E-state index in [0.29, 0.717) is 18.1 Å². The molecule has 2 N–H and O–H groups in total. The van der Waals surface area contributed by atoms with Gasteiger partial charge >= 0.3 is 0 Å². The first kappa shape index (κ1) is 23.0. The van der Waals surface area contributed by atoms with Crippen LogP contribution in [0.2, 0.25) is 0 Å². The number of amides is 1. The lowest BCUT2D eigenvalue weighted by Gasteiger charge is -2.16. The fourth-order valence-electron chi connectivity index (χ4n) is 2.91. The molecule has 0 atom stereocenters. The lowest BCUT2D eigenvalue weighted by atomic mass is 10.1. The number of hydrogen-bond donors (Lipinski definition) is 2. The molecule has 0 aliphatic carbocycles. The minimum atomic E-state index is -4.00. The number of rotatable bonds is 10. The zero-order valence-electron chi connectivity index (χ0n) is 17.9. The maximum absolute atomic E-state index is 13.0. The van der Waals surface area contributed by atoms with E-state index in [-0.39, 0.29) is 34.2 Å². The van der Waals surface area contributed by atoms with Gasteiger partial charge in [-0.2, -0.15) is 0 Å². The number of anilines is 1. The van der Waals surface area contributed by atoms with E-state index in [1.807, 2.05) is 6.92 Å². The molecule has 170 valence electrons. The van der Waals surface area contributed by atoms with Crippen molar-refractivity contribution in [1.82, 2.24) is 5.32 Å². The molecule has 0 fully saturated rings. The molecule has 1 amide bonds. The number of ether oxygens (including phenoxy) is 3. The summed E-state index contributed by atoms with van der Waals surface area (Å²) in [5.74, 6) is 1.12. The average Bonchev–Trinajstić information content (AvgIpc) is 3.31. The summed E-state index contributed by atoms with van der Waals surface area (Å²) in [5, 5.41) is 2.70. The molecule has 3 rings (SSSR count). The summed E-state index contributed by atoms with van der Waals surface area (Å²) in [6.45, 7) is 2.43. The number of furan rings is 1. The van der Waals surface area contributed by atoms with E-state index < -0.39 is 15.9 Å². The second kappa shape index (κ2) is 10.1. The van der Waals surface area contributed by atoms with Crippen molar-refractivity contribution in [2.24, 2.45) is 0 Å². The fraction of sp³-hybridized carbons (Fsp3) is 0.227. The van der Waals surface area contributed by atoms with Gasteiger partial charge in [-0.1, -0.05) is 0 Å². The van der Waals surface area contributed by atoms with Gasteiger partial charge in [-0.25, -0.2) is 8.42 Å². The third-order valence-corrected chi connectivity index (χ3v) is 5.84. The summed E-state index contributed by atoms with van der Waals surface area (Å²) in [5.41, 5.74) is 0.0946. The second-order valence-electron chi connectivity index (χ2n) is 6.52. The Morgan fingerprint density at radius 3 is 2.31 bits per heavy atom. The number of hydrogen-bond acceptors (Lipinski definition) is 7. The van der Waals surface area contributed by atoms with Crippen molar-refractivity contribution in [2.75, 3.05) is 25.5 Å². The fourth-order valence-corrected chi connectivity index (χ4v) is 3.98. The highest BCUT2D eigenvalue weighted by Gasteiger charge is 2.22. The molecule has 0 aliphatic heterocycles. The van der Waals surface area contributed by atoms with Gasteiger partial charge in [0.05, 0.1) is 49.8 Å². The van der Waals surface area contributed by atoms with Gasteiger partial charge in [0, 0.05) is 6.07 Å². The highest BCUT2D eigenvalue weighted by Crippen LogP contribution is 2.34. The number of carbonyl (C=O) groups is 1. The number of methoxy groups -OCH3 is 2. The standard InChI is InChI=1S/C22H24N2O7S/c1-4-30-15-7-9-17(10-8-15)32(26,27)24-19-13-21(29-3)20(28-2)12-18(19)22(25)23-14-16-6-5-11-31-16/h5-13,24H,4,14H2,1-3H3,(H,23,25). The van der Waals surface area contributed by atoms with E-state index in [1.54, 1.807) is 24.3 Å². The third-order valence-electron chi connectivity index (χ3n) is 4.46. The van der Waals surface area contributed by atoms with Crippen LogP contribution in [0.15, 0.2) is 64.1 Å². The predicted octanol–water partition coefficient (Wildman–Crippen LogP) is 3.43. The predicted molar refractivity (Wildman–Crippen MR) is 118 cm³/mol. The molecule has 3 aromatic rings. The van der Waals surface area contributed by atoms with Crippen LogP contribution in [-0.2, 0) is 16.6 Å². The second-order valence-corrected chi connectivity index (χ2v) is 8.21. The molecule has 0 unspecified atom stereocenters. The average molecular weight is 461 g/mol. The molecule has 0 radical (unpaired) electrons. The molecule has 10 heteroatoms. The van der Waals surface area contributed by atoms with Crippen molar-refractivity contribution in [3.05, 3.63) is 66.1 Å². The number of benzene rings is 2. The van der Waals surface area contributed by atoms with E-state index in [4.69, 9.17) is 18.6 Å². The van der Waals surface area contributed by atoms with Crippen LogP contribution >= 0.6 is 0 Å². The summed E-state index contributed by atoms with van der Waals surface area (Å²) < 4.78 is 49.5. The number of carbonyl (C=O) groups excluding carboxylic acids is 1. The molecule has 9 nitrogen and oxygen atoms in total. The third kappa shape index (κ3) is 5.33. The zero-order valence-corrected chi connectivity index (χ0v) is 18.7. The van der Waals surface area contributed by atoms with Gasteiger partial charge in [0.1, 0.15) is 11.5 Å². The molecule has 32 heavy (non-hydrogen) atoms. The van der Waals surface area contributed by atoms with Gasteiger partial charge in [0.15, 0.2) is 11.5 Å². The van der Waals surface area contributed by atoms with Crippen molar-refractivity contribution >= 4 is 21.6 Å². The Kier molecular flexibility index (Phi) is 7.26. The van der Waals surface area contributed by atoms with Gasteiger partial charge in [-0.05, 0) is 49.4 Å². The summed E-state index contributed by atoms with van der Waals surface area (Å²) in [7, 11) is -1.17. The Hall–Kier alpha value is -3.66. The Morgan fingerprint density at radius 1 is 1.03 bits per heavy atom. The van der Waals surface area contributed by atoms with E-state index in [9.17, 15) is 13.2 Å². The largest absolute Gasteiger partial charge is 0.494 e. The van der Waals surface area contributed by atoms with Crippen LogP contribution in [0.3, 0.4) is 0 Å². The first-order chi connectivity index (χ1) is 15.4. The van der Waals surface area contributed by atoms with Crippen molar-refractivity contribution in [1.29, 1.82) is 0 Å². The van der Waals surface area contributed by atoms with Crippen LogP contribution in [0.25, 0.3) is 0 Å². The lowest BCUT2D eigenvalue weighted by Crippen LogP contribution is -2.25. The Balaban J connectivity index is 1.93. The molecular weight excluding hydrogens is 436 g/mol. The first-order valence-electron chi connectivity index (χ1n) is 9.70. The highest BCUT2D eigenvalue weighted by molar-refractivity contribution is 7.92. The molecule has 0 saturated carbocycles. The lowest BCUT2D eigenvalue weighted by molar-refractivity contribution is 0.0948. The van der Waals surface area contributed by atoms with Crippen LogP contribution in [0.1, 0.15) is 23.0 Å². The van der Waals surface area contributed by atoms with Crippen LogP contribution in [-0.4, -0.2) is 35.2 Å². The van der Waals surface area contributed by atoms with Gasteiger partial charge in [-0.3, -0.25) is 9.52 Å². The monoisotopic (exact) mass is 460 g/mol. The first-order valence-corrected chi connectivity index (χ1v) is 11.2. The molecule has 0 spiro atoms. The normalized spacial score (nSPS) is 11.0. The van der Waals surface area contributed by atoms with Gasteiger partial charge in [0.2, 0.25) is 0 Å². The summed E-state index contributed by atoms with van der Waals surface area (Å²) in [6.07, 6.45) is 1.49. The van der Waals surface area contributed by atoms with Crippen molar-refractivity contribution in [3.8, 4) is 17.2 Å². The maximum atomic E-state index is 13.0. The Labute approximate surface area is 186 Å². The molecule has 1 aromatic heterocycles. The van der Waals surface area contributed by atoms with Gasteiger partial charge in [-0.15, -0.1) is 0 Å². The van der Waals surface area contributed by atoms with Crippen LogP contribution in [0.4, 0.5) is 5.69 Å². The van der Waals surface area contributed by atoms with E-state index in [2.05, 4.69) is 10.0 Å². The highest BCUT2D eigenvalue weighted by atomic mass is 32.2. The zero-order chi connectivity index (χ0) is 23.1. The molecule has 0 bridgehead atoms. The number of sulfonamides is 1. The summed E-state index contributed by atoms with van der Waals surface area (Å²) >= 11 is 0. The van der Waals surface area contributed by atoms with Crippen LogP contribution in [0, 0.1) is 0 Å². The molecule has 2 aromatic carbocycles. The minimum absolute atomic E-state index is 0.0117. The maximum Gasteiger partial charge on any atom is 0.261 e. The minimum Gasteiger partial charge on any atom is -0.494 e. The van der Waals surface area contributed by atoms with E-state index >= 15 is 0 Å². The summed E-state index contributed by atoms with van der Waals surface area (Å²) in [4.78, 5) is 12.9. The summed E-state index contributed by atoms with van der Waals surface area (Å²) in [6, 6.07) is 12.2. The topological polar surface area (TPSA) is 116 Å². The van der Waals surface area contributed by atoms with Gasteiger partial charge < -0.3 is 23.9 Å². The van der Waals surface area contributed by atoms with Crippen molar-refractivity contribution < 1.29 is 31.8 Å². The molecular formula is C22H24N2O7S. The Bertz CT molecular complexity index is 1160. The quantitative estimate of drug-likeness (QED) is 0.476. The molecule has 1 heterocycles. The van der Waals surface area contributed by atoms with Crippen molar-refractivity contribution in [3.63, 3.8) is 0 Å². The smallest absolute Gasteiger partial charge is 0.261 e. The number of nitrogens with one attached hydrogen (secondary N) is 2. The SMILES string of the molecule is CCOc1ccc(S(=O)(=O)Nc2cc(OC)c(OC)cc2C(=O)NCc2ccco2)cc1. The Morgan fingerprint density at radius 2 is 1.72 bits per heavy atom. The van der Waals surface area contributed by atoms with E-state index in [0.717, 1.165) is 0 Å². The van der Waals surface area contributed by atoms with E-state index in [1.165, 1.54) is 44.7 Å². The molecule has 0 saturated heterocycles. The van der Waals surface area contributed by atoms with Gasteiger partial charge in [0.25, 0.3) is 15.9 Å². The van der Waals surface area contributed by atoms with Crippen LogP contribution in [0.5, 0.6) is 17.2 Å². The molecule has 0 aliphatic rings. The van der Waals surface area contributed by atoms with Crippen LogP contribution < -0.4 is 24.2 Å².